The molecule has 0 aliphatic carbocycles. The average molecular weight is 880 g/mol. The van der Waals surface area contributed by atoms with Crippen molar-refractivity contribution in [1.29, 1.82) is 0 Å². The maximum atomic E-state index is 12.7. The molecule has 2 unspecified atom stereocenters. The van der Waals surface area contributed by atoms with Crippen molar-refractivity contribution in [2.24, 2.45) is 5.73 Å². The van der Waals surface area contributed by atoms with Gasteiger partial charge in [-0.25, -0.2) is 4.57 Å². The fourth-order valence-corrected chi connectivity index (χ4v) is 8.05. The number of rotatable bonds is 49. The van der Waals surface area contributed by atoms with Gasteiger partial charge >= 0.3 is 13.8 Å². The van der Waals surface area contributed by atoms with Gasteiger partial charge in [0, 0.05) is 19.6 Å². The van der Waals surface area contributed by atoms with Crippen LogP contribution in [0.3, 0.4) is 0 Å². The summed E-state index contributed by atoms with van der Waals surface area (Å²) < 4.78 is 33.6. The number of unbranched alkanes of at least 4 members (excludes halogenated alkanes) is 28. The summed E-state index contributed by atoms with van der Waals surface area (Å²) in [6.07, 6.45) is 60.0. The molecule has 0 amide bonds. The molecule has 0 heterocycles. The topological polar surface area (TPSA) is 117 Å². The fourth-order valence-electron chi connectivity index (χ4n) is 7.28. The smallest absolute Gasteiger partial charge is 0.457 e. The van der Waals surface area contributed by atoms with Crippen molar-refractivity contribution in [3.8, 4) is 0 Å². The van der Waals surface area contributed by atoms with Crippen LogP contribution >= 0.6 is 7.82 Å². The van der Waals surface area contributed by atoms with Gasteiger partial charge in [-0.1, -0.05) is 229 Å². The highest BCUT2D eigenvalue weighted by atomic mass is 31.2. The van der Waals surface area contributed by atoms with E-state index in [0.717, 1.165) is 64.2 Å². The van der Waals surface area contributed by atoms with Gasteiger partial charge in [0.1, 0.15) is 6.10 Å². The predicted octanol–water partition coefficient (Wildman–Crippen LogP) is 15.9. The monoisotopic (exact) mass is 880 g/mol. The lowest BCUT2D eigenvalue weighted by atomic mass is 10.0. The largest absolute Gasteiger partial charge is 0.472 e. The fraction of sp³-hybridized carbons (Fsp3) is 0.827. The molecule has 0 fully saturated rings. The van der Waals surface area contributed by atoms with Gasteiger partial charge < -0.3 is 20.1 Å². The maximum absolute atomic E-state index is 12.7. The Morgan fingerprint density at radius 3 is 1.38 bits per heavy atom. The number of esters is 1. The van der Waals surface area contributed by atoms with Crippen LogP contribution in [0.2, 0.25) is 0 Å². The maximum Gasteiger partial charge on any atom is 0.472 e. The van der Waals surface area contributed by atoms with E-state index in [-0.39, 0.29) is 32.3 Å². The lowest BCUT2D eigenvalue weighted by molar-refractivity contribution is -0.154. The number of phosphoric acid groups is 1. The number of ether oxygens (including phenoxy) is 2. The molecule has 0 spiro atoms. The molecule has 0 aromatic carbocycles. The zero-order valence-electron chi connectivity index (χ0n) is 39.9. The van der Waals surface area contributed by atoms with Gasteiger partial charge in [-0.3, -0.25) is 13.8 Å². The summed E-state index contributed by atoms with van der Waals surface area (Å²) in [4.78, 5) is 22.6. The molecule has 3 N–H and O–H groups in total. The van der Waals surface area contributed by atoms with Crippen LogP contribution < -0.4 is 5.73 Å². The number of nitrogens with two attached hydrogens (primary N) is 1. The first-order chi connectivity index (χ1) is 29.9. The first kappa shape index (κ1) is 59.5. The summed E-state index contributed by atoms with van der Waals surface area (Å²) in [5.41, 5.74) is 5.39. The molecule has 8 nitrogen and oxygen atoms in total. The molecule has 0 aromatic heterocycles. The number of hydrogen-bond acceptors (Lipinski definition) is 7. The highest BCUT2D eigenvalue weighted by molar-refractivity contribution is 7.47. The molecule has 0 aromatic rings. The van der Waals surface area contributed by atoms with Crippen LogP contribution in [0.15, 0.2) is 48.6 Å². The van der Waals surface area contributed by atoms with Crippen molar-refractivity contribution in [2.45, 2.75) is 245 Å². The Morgan fingerprint density at radius 2 is 0.918 bits per heavy atom. The van der Waals surface area contributed by atoms with E-state index in [2.05, 4.69) is 62.5 Å². The Labute approximate surface area is 377 Å². The molecule has 358 valence electrons. The van der Waals surface area contributed by atoms with Gasteiger partial charge in [-0.2, -0.15) is 0 Å². The van der Waals surface area contributed by atoms with E-state index in [0.29, 0.717) is 13.0 Å². The van der Waals surface area contributed by atoms with Crippen molar-refractivity contribution in [2.75, 3.05) is 33.0 Å². The minimum atomic E-state index is -4.28. The van der Waals surface area contributed by atoms with Crippen molar-refractivity contribution in [3.05, 3.63) is 48.6 Å². The van der Waals surface area contributed by atoms with Crippen LogP contribution in [-0.4, -0.2) is 49.9 Å². The molecule has 2 atom stereocenters. The van der Waals surface area contributed by atoms with Crippen molar-refractivity contribution in [1.82, 2.24) is 0 Å². The highest BCUT2D eigenvalue weighted by Gasteiger charge is 2.25. The van der Waals surface area contributed by atoms with Crippen molar-refractivity contribution < 1.29 is 32.8 Å². The van der Waals surface area contributed by atoms with E-state index in [1.807, 2.05) is 0 Å². The Bertz CT molecular complexity index is 1080. The van der Waals surface area contributed by atoms with Crippen LogP contribution in [0.25, 0.3) is 0 Å². The van der Waals surface area contributed by atoms with E-state index in [1.165, 1.54) is 154 Å². The zero-order valence-corrected chi connectivity index (χ0v) is 40.8. The third kappa shape index (κ3) is 49.3. The molecular weight excluding hydrogens is 782 g/mol. The molecule has 0 saturated heterocycles. The van der Waals surface area contributed by atoms with Crippen LogP contribution in [0, 0.1) is 0 Å². The minimum absolute atomic E-state index is 0.0970. The number of allylic oxidation sites excluding steroid dienone is 8. The number of carbonyl (C=O) groups is 1. The summed E-state index contributed by atoms with van der Waals surface area (Å²) >= 11 is 0. The molecule has 9 heteroatoms. The summed E-state index contributed by atoms with van der Waals surface area (Å²) in [6, 6.07) is 0. The zero-order chi connectivity index (χ0) is 44.4. The van der Waals surface area contributed by atoms with E-state index in [4.69, 9.17) is 24.3 Å². The van der Waals surface area contributed by atoms with E-state index in [1.54, 1.807) is 0 Å². The van der Waals surface area contributed by atoms with Gasteiger partial charge in [0.15, 0.2) is 0 Å². The summed E-state index contributed by atoms with van der Waals surface area (Å²) in [7, 11) is -4.28. The van der Waals surface area contributed by atoms with Gasteiger partial charge in [0.25, 0.3) is 0 Å². The quantitative estimate of drug-likeness (QED) is 0.0269. The minimum Gasteiger partial charge on any atom is -0.457 e. The number of phosphoric ester groups is 1. The van der Waals surface area contributed by atoms with E-state index < -0.39 is 13.9 Å². The molecule has 0 aliphatic rings. The molecule has 0 saturated carbocycles. The molecule has 61 heavy (non-hydrogen) atoms. The van der Waals surface area contributed by atoms with Crippen LogP contribution in [0.4, 0.5) is 0 Å². The number of hydrogen-bond donors (Lipinski definition) is 2. The van der Waals surface area contributed by atoms with Crippen molar-refractivity contribution in [3.63, 3.8) is 0 Å². The third-order valence-corrected chi connectivity index (χ3v) is 12.0. The molecule has 0 bridgehead atoms. The lowest BCUT2D eigenvalue weighted by Gasteiger charge is -2.20. The normalized spacial score (nSPS) is 13.7. The second-order valence-electron chi connectivity index (χ2n) is 17.0. The second kappa shape index (κ2) is 49.5. The van der Waals surface area contributed by atoms with E-state index in [9.17, 15) is 14.3 Å². The summed E-state index contributed by atoms with van der Waals surface area (Å²) in [5.74, 6) is -0.335. The summed E-state index contributed by atoms with van der Waals surface area (Å²) in [6.45, 7) is 4.84. The first-order valence-corrected chi connectivity index (χ1v) is 27.1. The lowest BCUT2D eigenvalue weighted by Crippen LogP contribution is -2.28. The number of carbonyl (C=O) groups excluding carboxylic acids is 1. The van der Waals surface area contributed by atoms with Crippen LogP contribution in [0.5, 0.6) is 0 Å². The molecule has 0 aliphatic heterocycles. The second-order valence-corrected chi connectivity index (χ2v) is 18.5. The third-order valence-electron chi connectivity index (χ3n) is 11.0. The first-order valence-electron chi connectivity index (χ1n) is 25.6. The van der Waals surface area contributed by atoms with Gasteiger partial charge in [-0.05, 0) is 51.4 Å². The van der Waals surface area contributed by atoms with E-state index >= 15 is 0 Å². The van der Waals surface area contributed by atoms with Crippen LogP contribution in [0.1, 0.15) is 239 Å². The molecular formula is C52H98NO7P. The standard InChI is InChI=1S/C52H98NO7P/c1-3-5-7-9-11-13-15-17-19-21-23-25-27-29-31-33-35-37-39-41-43-45-52(54)60-51(50-59-61(55,56)58-48-46-53)49-57-47-44-42-40-38-36-34-32-30-28-26-24-22-20-18-16-14-12-10-8-6-4-2/h5,7,11,13,17,19,23,25,51H,3-4,6,8-10,12,14-16,18,20-22,24,26-50,53H2,1-2H3,(H,55,56)/b7-5-,13-11-,19-17-,25-23-. The van der Waals surface area contributed by atoms with Gasteiger partial charge in [0.2, 0.25) is 0 Å². The summed E-state index contributed by atoms with van der Waals surface area (Å²) in [5, 5.41) is 0. The predicted molar refractivity (Wildman–Crippen MR) is 261 cm³/mol. The molecule has 0 radical (unpaired) electrons. The molecule has 0 rings (SSSR count). The van der Waals surface area contributed by atoms with Crippen molar-refractivity contribution >= 4 is 13.8 Å². The Balaban J connectivity index is 3.94. The average Bonchev–Trinajstić information content (AvgIpc) is 3.25. The van der Waals surface area contributed by atoms with Crippen LogP contribution in [-0.2, 0) is 27.9 Å². The Morgan fingerprint density at radius 1 is 0.508 bits per heavy atom. The van der Waals surface area contributed by atoms with Gasteiger partial charge in [-0.15, -0.1) is 0 Å². The SMILES string of the molecule is CC/C=C\C/C=C\C/C=C\C/C=C\CCCCCCCCCCC(=O)OC(COCCCCCCCCCCCCCCCCCCCCCCC)COP(=O)(O)OCCN. The Hall–Kier alpha value is -1.54. The Kier molecular flexibility index (Phi) is 48.2. The van der Waals surface area contributed by atoms with Gasteiger partial charge in [0.05, 0.1) is 19.8 Å². The highest BCUT2D eigenvalue weighted by Crippen LogP contribution is 2.43.